The van der Waals surface area contributed by atoms with Gasteiger partial charge in [-0.3, -0.25) is 0 Å². The summed E-state index contributed by atoms with van der Waals surface area (Å²) in [4.78, 5) is 0. The second-order valence-electron chi connectivity index (χ2n) is 4.93. The molecule has 2 aromatic carbocycles. The topological polar surface area (TPSA) is 21.3 Å². The molecule has 1 atom stereocenters. The van der Waals surface area contributed by atoms with Crippen LogP contribution in [0.2, 0.25) is 5.02 Å². The van der Waals surface area contributed by atoms with E-state index in [1.807, 2.05) is 25.1 Å². The Morgan fingerprint density at radius 3 is 2.71 bits per heavy atom. The Balaban J connectivity index is 2.17. The van der Waals surface area contributed by atoms with Gasteiger partial charge in [0.1, 0.15) is 5.82 Å². The standard InChI is InChI=1S/C17H19ClFNO/c1-12(15-8-7-14(19)11-16(15)18)20-17-6-4-3-5-13(17)9-10-21-2/h3-8,11-12,20H,9-10H2,1-2H3. The Hall–Kier alpha value is -1.58. The predicted octanol–water partition coefficient (Wildman–Crippen LogP) is 4.84. The molecule has 0 aliphatic carbocycles. The van der Waals surface area contributed by atoms with Crippen LogP contribution in [-0.4, -0.2) is 13.7 Å². The molecule has 0 saturated carbocycles. The smallest absolute Gasteiger partial charge is 0.124 e. The Bertz CT molecular complexity index is 603. The summed E-state index contributed by atoms with van der Waals surface area (Å²) >= 11 is 6.11. The monoisotopic (exact) mass is 307 g/mol. The Morgan fingerprint density at radius 2 is 2.00 bits per heavy atom. The zero-order valence-electron chi connectivity index (χ0n) is 12.2. The van der Waals surface area contributed by atoms with Gasteiger partial charge in [0, 0.05) is 17.8 Å². The van der Waals surface area contributed by atoms with Crippen molar-refractivity contribution < 1.29 is 9.13 Å². The molecule has 112 valence electrons. The van der Waals surface area contributed by atoms with Crippen LogP contribution in [0, 0.1) is 5.82 Å². The number of anilines is 1. The molecule has 1 unspecified atom stereocenters. The normalized spacial score (nSPS) is 12.2. The quantitative estimate of drug-likeness (QED) is 0.824. The van der Waals surface area contributed by atoms with E-state index < -0.39 is 0 Å². The van der Waals surface area contributed by atoms with Gasteiger partial charge in [-0.1, -0.05) is 35.9 Å². The molecular weight excluding hydrogens is 289 g/mol. The first kappa shape index (κ1) is 15.8. The van der Waals surface area contributed by atoms with Crippen molar-refractivity contribution in [2.75, 3.05) is 19.0 Å². The second-order valence-corrected chi connectivity index (χ2v) is 5.34. The lowest BCUT2D eigenvalue weighted by Crippen LogP contribution is -2.10. The molecule has 0 fully saturated rings. The van der Waals surface area contributed by atoms with Crippen molar-refractivity contribution in [2.45, 2.75) is 19.4 Å². The lowest BCUT2D eigenvalue weighted by atomic mass is 10.1. The second kappa shape index (κ2) is 7.43. The van der Waals surface area contributed by atoms with Crippen LogP contribution in [0.1, 0.15) is 24.1 Å². The van der Waals surface area contributed by atoms with Gasteiger partial charge in [-0.15, -0.1) is 0 Å². The van der Waals surface area contributed by atoms with Gasteiger partial charge in [0.15, 0.2) is 0 Å². The van der Waals surface area contributed by atoms with Crippen LogP contribution in [0.4, 0.5) is 10.1 Å². The molecule has 0 aromatic heterocycles. The molecule has 2 aromatic rings. The van der Waals surface area contributed by atoms with Crippen molar-refractivity contribution in [1.29, 1.82) is 0 Å². The average Bonchev–Trinajstić information content (AvgIpc) is 2.46. The van der Waals surface area contributed by atoms with Gasteiger partial charge in [-0.05, 0) is 42.7 Å². The summed E-state index contributed by atoms with van der Waals surface area (Å²) in [5, 5.41) is 3.87. The lowest BCUT2D eigenvalue weighted by molar-refractivity contribution is 0.202. The SMILES string of the molecule is COCCc1ccccc1NC(C)c1ccc(F)cc1Cl. The molecule has 0 amide bonds. The third-order valence-corrected chi connectivity index (χ3v) is 3.72. The molecule has 2 nitrogen and oxygen atoms in total. The fourth-order valence-corrected chi connectivity index (χ4v) is 2.59. The molecule has 0 aliphatic heterocycles. The van der Waals surface area contributed by atoms with Crippen LogP contribution in [0.3, 0.4) is 0 Å². The van der Waals surface area contributed by atoms with Gasteiger partial charge in [-0.25, -0.2) is 4.39 Å². The van der Waals surface area contributed by atoms with E-state index in [0.29, 0.717) is 11.6 Å². The first-order valence-electron chi connectivity index (χ1n) is 6.90. The van der Waals surface area contributed by atoms with Crippen LogP contribution >= 0.6 is 11.6 Å². The van der Waals surface area contributed by atoms with Crippen molar-refractivity contribution >= 4 is 17.3 Å². The van der Waals surface area contributed by atoms with E-state index >= 15 is 0 Å². The number of hydrogen-bond acceptors (Lipinski definition) is 2. The molecule has 0 aliphatic rings. The molecule has 0 heterocycles. The summed E-state index contributed by atoms with van der Waals surface area (Å²) in [6, 6.07) is 12.6. The molecule has 1 N–H and O–H groups in total. The minimum Gasteiger partial charge on any atom is -0.384 e. The highest BCUT2D eigenvalue weighted by atomic mass is 35.5. The summed E-state index contributed by atoms with van der Waals surface area (Å²) in [5.41, 5.74) is 3.10. The van der Waals surface area contributed by atoms with Crippen molar-refractivity contribution in [3.63, 3.8) is 0 Å². The highest BCUT2D eigenvalue weighted by Gasteiger charge is 2.12. The zero-order chi connectivity index (χ0) is 15.2. The van der Waals surface area contributed by atoms with E-state index in [-0.39, 0.29) is 11.9 Å². The van der Waals surface area contributed by atoms with Crippen LogP contribution in [0.5, 0.6) is 0 Å². The largest absolute Gasteiger partial charge is 0.384 e. The van der Waals surface area contributed by atoms with E-state index in [1.165, 1.54) is 17.7 Å². The number of halogens is 2. The van der Waals surface area contributed by atoms with Crippen molar-refractivity contribution in [2.24, 2.45) is 0 Å². The third-order valence-electron chi connectivity index (χ3n) is 3.39. The van der Waals surface area contributed by atoms with Crippen LogP contribution in [0.25, 0.3) is 0 Å². The van der Waals surface area contributed by atoms with Gasteiger partial charge < -0.3 is 10.1 Å². The molecule has 2 rings (SSSR count). The molecule has 4 heteroatoms. The fourth-order valence-electron chi connectivity index (χ4n) is 2.25. The van der Waals surface area contributed by atoms with Crippen LogP contribution < -0.4 is 5.32 Å². The number of nitrogens with one attached hydrogen (secondary N) is 1. The first-order chi connectivity index (χ1) is 10.1. The van der Waals surface area contributed by atoms with E-state index in [2.05, 4.69) is 11.4 Å². The van der Waals surface area contributed by atoms with E-state index in [1.54, 1.807) is 13.2 Å². The third kappa shape index (κ3) is 4.19. The Kier molecular flexibility index (Phi) is 5.59. The van der Waals surface area contributed by atoms with Gasteiger partial charge in [0.25, 0.3) is 0 Å². The number of methoxy groups -OCH3 is 1. The molecule has 0 radical (unpaired) electrons. The summed E-state index contributed by atoms with van der Waals surface area (Å²) in [7, 11) is 1.69. The van der Waals surface area contributed by atoms with Gasteiger partial charge in [0.2, 0.25) is 0 Å². The maximum atomic E-state index is 13.1. The van der Waals surface area contributed by atoms with Crippen molar-refractivity contribution in [3.8, 4) is 0 Å². The summed E-state index contributed by atoms with van der Waals surface area (Å²) in [5.74, 6) is -0.323. The van der Waals surface area contributed by atoms with E-state index in [9.17, 15) is 4.39 Å². The van der Waals surface area contributed by atoms with Crippen molar-refractivity contribution in [3.05, 3.63) is 64.4 Å². The number of hydrogen-bond donors (Lipinski definition) is 1. The minimum absolute atomic E-state index is 0.0122. The Morgan fingerprint density at radius 1 is 1.24 bits per heavy atom. The molecule has 21 heavy (non-hydrogen) atoms. The van der Waals surface area contributed by atoms with Gasteiger partial charge in [-0.2, -0.15) is 0 Å². The molecule has 0 bridgehead atoms. The number of benzene rings is 2. The summed E-state index contributed by atoms with van der Waals surface area (Å²) in [6.07, 6.45) is 0.837. The first-order valence-corrected chi connectivity index (χ1v) is 7.28. The van der Waals surface area contributed by atoms with Gasteiger partial charge >= 0.3 is 0 Å². The van der Waals surface area contributed by atoms with Crippen LogP contribution in [0.15, 0.2) is 42.5 Å². The fraction of sp³-hybridized carbons (Fsp3) is 0.294. The Labute approximate surface area is 129 Å². The van der Waals surface area contributed by atoms with Crippen molar-refractivity contribution in [1.82, 2.24) is 0 Å². The maximum Gasteiger partial charge on any atom is 0.124 e. The van der Waals surface area contributed by atoms with Crippen LogP contribution in [-0.2, 0) is 11.2 Å². The zero-order valence-corrected chi connectivity index (χ0v) is 13.0. The maximum absolute atomic E-state index is 13.1. The predicted molar refractivity (Wildman–Crippen MR) is 85.5 cm³/mol. The number of para-hydroxylation sites is 1. The molecule has 0 saturated heterocycles. The van der Waals surface area contributed by atoms with E-state index in [4.69, 9.17) is 16.3 Å². The minimum atomic E-state index is -0.323. The highest BCUT2D eigenvalue weighted by Crippen LogP contribution is 2.28. The molecular formula is C17H19ClFNO. The highest BCUT2D eigenvalue weighted by molar-refractivity contribution is 6.31. The van der Waals surface area contributed by atoms with E-state index in [0.717, 1.165) is 17.7 Å². The average molecular weight is 308 g/mol. The summed E-state index contributed by atoms with van der Waals surface area (Å²) in [6.45, 7) is 2.68. The van der Waals surface area contributed by atoms with Gasteiger partial charge in [0.05, 0.1) is 12.6 Å². The number of rotatable bonds is 6. The number of ether oxygens (including phenoxy) is 1. The molecule has 0 spiro atoms. The summed E-state index contributed by atoms with van der Waals surface area (Å²) < 4.78 is 18.3. The lowest BCUT2D eigenvalue weighted by Gasteiger charge is -2.19.